The fourth-order valence-corrected chi connectivity index (χ4v) is 3.14. The molecule has 0 aliphatic carbocycles. The van der Waals surface area contributed by atoms with Crippen molar-refractivity contribution in [1.29, 1.82) is 0 Å². The lowest BCUT2D eigenvalue weighted by atomic mass is 10.2. The molecule has 0 fully saturated rings. The predicted octanol–water partition coefficient (Wildman–Crippen LogP) is 1.61. The van der Waals surface area contributed by atoms with Gasteiger partial charge >= 0.3 is 0 Å². The molecule has 2 aromatic carbocycles. The normalized spacial score (nSPS) is 11.1. The van der Waals surface area contributed by atoms with E-state index in [1.807, 2.05) is 0 Å². The Balaban J connectivity index is 1.95. The van der Waals surface area contributed by atoms with Crippen LogP contribution in [0.2, 0.25) is 0 Å². The molecule has 0 aliphatic rings. The van der Waals surface area contributed by atoms with Gasteiger partial charge in [-0.05, 0) is 25.1 Å². The Morgan fingerprint density at radius 2 is 1.80 bits per heavy atom. The summed E-state index contributed by atoms with van der Waals surface area (Å²) in [5.74, 6) is -0.314. The summed E-state index contributed by atoms with van der Waals surface area (Å²) in [6, 6.07) is 12.2. The molecular weight excluding hydrogens is 346 g/mol. The lowest BCUT2D eigenvalue weighted by Gasteiger charge is -2.08. The highest BCUT2D eigenvalue weighted by molar-refractivity contribution is 7.89. The average Bonchev–Trinajstić information content (AvgIpc) is 2.59. The van der Waals surface area contributed by atoms with E-state index in [9.17, 15) is 23.3 Å². The molecule has 0 aromatic heterocycles. The molecule has 0 bridgehead atoms. The number of nitrogens with one attached hydrogen (secondary N) is 2. The van der Waals surface area contributed by atoms with Crippen LogP contribution in [0.15, 0.2) is 53.4 Å². The van der Waals surface area contributed by atoms with Crippen LogP contribution in [0.3, 0.4) is 0 Å². The van der Waals surface area contributed by atoms with E-state index in [4.69, 9.17) is 0 Å². The smallest absolute Gasteiger partial charge is 0.273 e. The summed E-state index contributed by atoms with van der Waals surface area (Å²) in [5.41, 5.74) is 0.582. The molecule has 2 aromatic rings. The minimum atomic E-state index is -3.90. The summed E-state index contributed by atoms with van der Waals surface area (Å²) in [7, 11) is -3.90. The number of nitro groups is 1. The van der Waals surface area contributed by atoms with E-state index in [0.29, 0.717) is 11.1 Å². The molecule has 25 heavy (non-hydrogen) atoms. The standard InChI is InChI=1S/C16H17N3O5S/c1-12-7-8-14(11-15(12)19(21)22)25(23,24)18-10-9-17-16(20)13-5-3-2-4-6-13/h2-8,11,18H,9-10H2,1H3,(H,17,20). The van der Waals surface area contributed by atoms with Gasteiger partial charge in [0.15, 0.2) is 0 Å². The third-order valence-corrected chi connectivity index (χ3v) is 4.88. The Labute approximate surface area is 145 Å². The third kappa shape index (κ3) is 4.85. The van der Waals surface area contributed by atoms with Crippen molar-refractivity contribution in [2.45, 2.75) is 11.8 Å². The molecule has 2 N–H and O–H groups in total. The van der Waals surface area contributed by atoms with Gasteiger partial charge in [-0.25, -0.2) is 13.1 Å². The van der Waals surface area contributed by atoms with Crippen molar-refractivity contribution in [2.75, 3.05) is 13.1 Å². The van der Waals surface area contributed by atoms with E-state index >= 15 is 0 Å². The Hall–Kier alpha value is -2.78. The van der Waals surface area contributed by atoms with E-state index in [0.717, 1.165) is 6.07 Å². The zero-order valence-electron chi connectivity index (χ0n) is 13.4. The van der Waals surface area contributed by atoms with E-state index < -0.39 is 14.9 Å². The first kappa shape index (κ1) is 18.6. The Bertz CT molecular complexity index is 882. The quantitative estimate of drug-likeness (QED) is 0.440. The number of carbonyl (C=O) groups is 1. The minimum absolute atomic E-state index is 0.0391. The summed E-state index contributed by atoms with van der Waals surface area (Å²) >= 11 is 0. The van der Waals surface area contributed by atoms with Gasteiger partial charge in [-0.2, -0.15) is 0 Å². The molecule has 0 saturated carbocycles. The van der Waals surface area contributed by atoms with Crippen LogP contribution in [0, 0.1) is 17.0 Å². The van der Waals surface area contributed by atoms with Crippen LogP contribution >= 0.6 is 0 Å². The van der Waals surface area contributed by atoms with E-state index in [1.54, 1.807) is 30.3 Å². The first-order valence-corrected chi connectivity index (χ1v) is 8.87. The molecule has 0 spiro atoms. The number of sulfonamides is 1. The fraction of sp³-hybridized carbons (Fsp3) is 0.188. The first-order valence-electron chi connectivity index (χ1n) is 7.39. The number of hydrogen-bond donors (Lipinski definition) is 2. The number of nitro benzene ring substituents is 1. The Morgan fingerprint density at radius 3 is 2.44 bits per heavy atom. The number of rotatable bonds is 7. The van der Waals surface area contributed by atoms with E-state index in [1.165, 1.54) is 19.1 Å². The van der Waals surface area contributed by atoms with Crippen molar-refractivity contribution in [2.24, 2.45) is 0 Å². The summed E-state index contributed by atoms with van der Waals surface area (Å²) in [5, 5.41) is 13.5. The maximum absolute atomic E-state index is 12.2. The second-order valence-electron chi connectivity index (χ2n) is 5.23. The molecule has 1 amide bonds. The van der Waals surface area contributed by atoms with Gasteiger partial charge < -0.3 is 5.32 Å². The highest BCUT2D eigenvalue weighted by Gasteiger charge is 2.19. The van der Waals surface area contributed by atoms with Gasteiger partial charge in [0.1, 0.15) is 0 Å². The number of nitrogens with zero attached hydrogens (tertiary/aromatic N) is 1. The van der Waals surface area contributed by atoms with Crippen molar-refractivity contribution in [3.05, 3.63) is 69.8 Å². The molecule has 9 heteroatoms. The summed E-state index contributed by atoms with van der Waals surface area (Å²) in [4.78, 5) is 21.9. The van der Waals surface area contributed by atoms with Gasteiger partial charge in [0, 0.05) is 30.3 Å². The lowest BCUT2D eigenvalue weighted by Crippen LogP contribution is -2.34. The highest BCUT2D eigenvalue weighted by Crippen LogP contribution is 2.21. The van der Waals surface area contributed by atoms with Crippen LogP contribution < -0.4 is 10.0 Å². The maximum Gasteiger partial charge on any atom is 0.273 e. The topological polar surface area (TPSA) is 118 Å². The van der Waals surface area contributed by atoms with Gasteiger partial charge in [0.2, 0.25) is 10.0 Å². The van der Waals surface area contributed by atoms with E-state index in [-0.39, 0.29) is 29.6 Å². The van der Waals surface area contributed by atoms with Crippen LogP contribution in [0.4, 0.5) is 5.69 Å². The van der Waals surface area contributed by atoms with Crippen LogP contribution in [0.25, 0.3) is 0 Å². The number of carbonyl (C=O) groups excluding carboxylic acids is 1. The van der Waals surface area contributed by atoms with Gasteiger partial charge in [0.05, 0.1) is 9.82 Å². The molecule has 2 rings (SSSR count). The molecule has 0 atom stereocenters. The highest BCUT2D eigenvalue weighted by atomic mass is 32.2. The Morgan fingerprint density at radius 1 is 1.12 bits per heavy atom. The number of benzene rings is 2. The molecule has 0 aliphatic heterocycles. The van der Waals surface area contributed by atoms with Crippen LogP contribution in [0.1, 0.15) is 15.9 Å². The largest absolute Gasteiger partial charge is 0.351 e. The zero-order chi connectivity index (χ0) is 18.4. The van der Waals surface area contributed by atoms with Crippen molar-refractivity contribution < 1.29 is 18.1 Å². The Kier molecular flexibility index (Phi) is 5.84. The van der Waals surface area contributed by atoms with Gasteiger partial charge in [-0.3, -0.25) is 14.9 Å². The van der Waals surface area contributed by atoms with Crippen molar-refractivity contribution in [3.8, 4) is 0 Å². The second kappa shape index (κ2) is 7.86. The lowest BCUT2D eigenvalue weighted by molar-refractivity contribution is -0.385. The summed E-state index contributed by atoms with van der Waals surface area (Å²) < 4.78 is 26.7. The second-order valence-corrected chi connectivity index (χ2v) is 6.99. The van der Waals surface area contributed by atoms with Crippen molar-refractivity contribution in [3.63, 3.8) is 0 Å². The number of aryl methyl sites for hydroxylation is 1. The van der Waals surface area contributed by atoms with Gasteiger partial charge in [-0.15, -0.1) is 0 Å². The van der Waals surface area contributed by atoms with Crippen LogP contribution in [-0.2, 0) is 10.0 Å². The molecule has 0 radical (unpaired) electrons. The maximum atomic E-state index is 12.2. The first-order chi connectivity index (χ1) is 11.8. The van der Waals surface area contributed by atoms with Crippen LogP contribution in [-0.4, -0.2) is 32.3 Å². The van der Waals surface area contributed by atoms with Crippen molar-refractivity contribution >= 4 is 21.6 Å². The molecule has 132 valence electrons. The zero-order valence-corrected chi connectivity index (χ0v) is 14.2. The molecule has 8 nitrogen and oxygen atoms in total. The summed E-state index contributed by atoms with van der Waals surface area (Å²) in [6.45, 7) is 1.57. The third-order valence-electron chi connectivity index (χ3n) is 3.43. The summed E-state index contributed by atoms with van der Waals surface area (Å²) in [6.07, 6.45) is 0. The van der Waals surface area contributed by atoms with Crippen LogP contribution in [0.5, 0.6) is 0 Å². The molecular formula is C16H17N3O5S. The molecule has 0 heterocycles. The monoisotopic (exact) mass is 363 g/mol. The van der Waals surface area contributed by atoms with Gasteiger partial charge in [0.25, 0.3) is 11.6 Å². The fourth-order valence-electron chi connectivity index (χ4n) is 2.09. The van der Waals surface area contributed by atoms with Gasteiger partial charge in [-0.1, -0.05) is 24.3 Å². The SMILES string of the molecule is Cc1ccc(S(=O)(=O)NCCNC(=O)c2ccccc2)cc1[N+](=O)[O-]. The molecule has 0 saturated heterocycles. The van der Waals surface area contributed by atoms with Crippen molar-refractivity contribution in [1.82, 2.24) is 10.0 Å². The average molecular weight is 363 g/mol. The molecule has 0 unspecified atom stereocenters. The van der Waals surface area contributed by atoms with E-state index in [2.05, 4.69) is 10.0 Å². The number of hydrogen-bond acceptors (Lipinski definition) is 5. The minimum Gasteiger partial charge on any atom is -0.351 e. The predicted molar refractivity (Wildman–Crippen MR) is 91.8 cm³/mol. The number of amides is 1.